The second-order valence-corrected chi connectivity index (χ2v) is 5.11. The highest BCUT2D eigenvalue weighted by atomic mass is 35.5. The molecule has 0 aliphatic rings. The van der Waals surface area contributed by atoms with E-state index in [0.29, 0.717) is 5.69 Å². The van der Waals surface area contributed by atoms with Crippen molar-refractivity contribution in [3.63, 3.8) is 0 Å². The first-order chi connectivity index (χ1) is 9.99. The van der Waals surface area contributed by atoms with Crippen LogP contribution in [0.25, 0.3) is 0 Å². The van der Waals surface area contributed by atoms with Crippen LogP contribution in [0.4, 0.5) is 10.1 Å². The summed E-state index contributed by atoms with van der Waals surface area (Å²) in [7, 11) is 0. The Bertz CT molecular complexity index is 640. The Morgan fingerprint density at radius 3 is 2.71 bits per heavy atom. The Morgan fingerprint density at radius 2 is 2.05 bits per heavy atom. The standard InChI is InChI=1S/C16H15ClFNO2/c1-10(11-4-2-5-12(19)8-11)16(20)21-9-13-14(17)6-3-7-15(13)18/h2-8,10H,9,19H2,1H3. The van der Waals surface area contributed by atoms with Gasteiger partial charge in [-0.05, 0) is 36.8 Å². The fourth-order valence-corrected chi connectivity index (χ4v) is 2.12. The van der Waals surface area contributed by atoms with E-state index in [-0.39, 0.29) is 17.2 Å². The van der Waals surface area contributed by atoms with Crippen LogP contribution in [0.5, 0.6) is 0 Å². The van der Waals surface area contributed by atoms with Crippen molar-refractivity contribution >= 4 is 23.3 Å². The Kier molecular flexibility index (Phi) is 4.81. The van der Waals surface area contributed by atoms with Gasteiger partial charge in [0, 0.05) is 11.3 Å². The first-order valence-corrected chi connectivity index (χ1v) is 6.82. The summed E-state index contributed by atoms with van der Waals surface area (Å²) in [4.78, 5) is 12.0. The Morgan fingerprint density at radius 1 is 1.33 bits per heavy atom. The van der Waals surface area contributed by atoms with E-state index in [0.717, 1.165) is 5.56 Å². The molecule has 0 saturated heterocycles. The average molecular weight is 308 g/mol. The predicted molar refractivity (Wildman–Crippen MR) is 80.5 cm³/mol. The monoisotopic (exact) mass is 307 g/mol. The second kappa shape index (κ2) is 6.59. The number of benzene rings is 2. The van der Waals surface area contributed by atoms with E-state index in [9.17, 15) is 9.18 Å². The van der Waals surface area contributed by atoms with Crippen molar-refractivity contribution in [2.45, 2.75) is 19.4 Å². The molecule has 2 rings (SSSR count). The van der Waals surface area contributed by atoms with Crippen LogP contribution < -0.4 is 5.73 Å². The molecular formula is C16H15ClFNO2. The molecule has 0 bridgehead atoms. The fraction of sp³-hybridized carbons (Fsp3) is 0.188. The number of rotatable bonds is 4. The fourth-order valence-electron chi connectivity index (χ4n) is 1.90. The van der Waals surface area contributed by atoms with Crippen LogP contribution in [-0.4, -0.2) is 5.97 Å². The number of carbonyl (C=O) groups excluding carboxylic acids is 1. The van der Waals surface area contributed by atoms with Gasteiger partial charge in [0.05, 0.1) is 10.9 Å². The molecule has 3 nitrogen and oxygen atoms in total. The zero-order valence-electron chi connectivity index (χ0n) is 11.5. The molecule has 0 saturated carbocycles. The van der Waals surface area contributed by atoms with Crippen LogP contribution in [0.15, 0.2) is 42.5 Å². The maximum atomic E-state index is 13.6. The van der Waals surface area contributed by atoms with Crippen molar-refractivity contribution in [2.75, 3.05) is 5.73 Å². The van der Waals surface area contributed by atoms with Crippen molar-refractivity contribution in [1.29, 1.82) is 0 Å². The van der Waals surface area contributed by atoms with E-state index >= 15 is 0 Å². The summed E-state index contributed by atoms with van der Waals surface area (Å²) in [6.45, 7) is 1.51. The van der Waals surface area contributed by atoms with E-state index in [4.69, 9.17) is 22.1 Å². The number of halogens is 2. The van der Waals surface area contributed by atoms with E-state index in [1.54, 1.807) is 37.3 Å². The highest BCUT2D eigenvalue weighted by Crippen LogP contribution is 2.23. The minimum absolute atomic E-state index is 0.173. The van der Waals surface area contributed by atoms with Crippen LogP contribution in [0, 0.1) is 5.82 Å². The van der Waals surface area contributed by atoms with Crippen LogP contribution in [0.1, 0.15) is 24.0 Å². The summed E-state index contributed by atoms with van der Waals surface area (Å²) >= 11 is 5.88. The minimum Gasteiger partial charge on any atom is -0.460 e. The molecule has 5 heteroatoms. The lowest BCUT2D eigenvalue weighted by molar-refractivity contribution is -0.146. The van der Waals surface area contributed by atoms with Gasteiger partial charge in [0.2, 0.25) is 0 Å². The maximum Gasteiger partial charge on any atom is 0.313 e. The molecule has 1 unspecified atom stereocenters. The number of esters is 1. The lowest BCUT2D eigenvalue weighted by Gasteiger charge is -2.13. The number of nitrogen functional groups attached to an aromatic ring is 1. The van der Waals surface area contributed by atoms with Crippen molar-refractivity contribution in [1.82, 2.24) is 0 Å². The molecule has 0 spiro atoms. The zero-order valence-corrected chi connectivity index (χ0v) is 12.2. The highest BCUT2D eigenvalue weighted by molar-refractivity contribution is 6.31. The summed E-state index contributed by atoms with van der Waals surface area (Å²) in [6.07, 6.45) is 0. The zero-order chi connectivity index (χ0) is 15.4. The molecule has 0 aromatic heterocycles. The summed E-state index contributed by atoms with van der Waals surface area (Å²) in [5.41, 5.74) is 7.18. The molecular weight excluding hydrogens is 293 g/mol. The largest absolute Gasteiger partial charge is 0.460 e. The first kappa shape index (κ1) is 15.3. The van der Waals surface area contributed by atoms with Gasteiger partial charge < -0.3 is 10.5 Å². The molecule has 0 aliphatic carbocycles. The Labute approximate surface area is 127 Å². The lowest BCUT2D eigenvalue weighted by atomic mass is 10.0. The smallest absolute Gasteiger partial charge is 0.313 e. The van der Waals surface area contributed by atoms with Gasteiger partial charge in [0.15, 0.2) is 0 Å². The summed E-state index contributed by atoms with van der Waals surface area (Å²) < 4.78 is 18.7. The highest BCUT2D eigenvalue weighted by Gasteiger charge is 2.18. The first-order valence-electron chi connectivity index (χ1n) is 6.44. The van der Waals surface area contributed by atoms with Crippen LogP contribution >= 0.6 is 11.6 Å². The van der Waals surface area contributed by atoms with Crippen LogP contribution in [0.2, 0.25) is 5.02 Å². The van der Waals surface area contributed by atoms with Crippen molar-refractivity contribution < 1.29 is 13.9 Å². The van der Waals surface area contributed by atoms with Gasteiger partial charge in [0.25, 0.3) is 0 Å². The molecule has 0 fully saturated rings. The SMILES string of the molecule is CC(C(=O)OCc1c(F)cccc1Cl)c1cccc(N)c1. The van der Waals surface area contributed by atoms with Gasteiger partial charge >= 0.3 is 5.97 Å². The van der Waals surface area contributed by atoms with E-state index in [2.05, 4.69) is 0 Å². The Balaban J connectivity index is 2.05. The third-order valence-corrected chi connectivity index (χ3v) is 3.54. The lowest BCUT2D eigenvalue weighted by Crippen LogP contribution is -2.14. The quantitative estimate of drug-likeness (QED) is 0.688. The second-order valence-electron chi connectivity index (χ2n) is 4.70. The molecule has 21 heavy (non-hydrogen) atoms. The predicted octanol–water partition coefficient (Wildman–Crippen LogP) is 3.91. The molecule has 0 aliphatic heterocycles. The third kappa shape index (κ3) is 3.73. The number of ether oxygens (including phenoxy) is 1. The van der Waals surface area contributed by atoms with Crippen LogP contribution in [0.3, 0.4) is 0 Å². The van der Waals surface area contributed by atoms with Crippen molar-refractivity contribution in [3.05, 3.63) is 64.4 Å². The number of hydrogen-bond donors (Lipinski definition) is 1. The maximum absolute atomic E-state index is 13.6. The molecule has 2 N–H and O–H groups in total. The summed E-state index contributed by atoms with van der Waals surface area (Å²) in [5, 5.41) is 0.236. The molecule has 2 aromatic rings. The molecule has 110 valence electrons. The van der Waals surface area contributed by atoms with Gasteiger partial charge in [-0.3, -0.25) is 4.79 Å². The van der Waals surface area contributed by atoms with E-state index in [1.165, 1.54) is 12.1 Å². The number of hydrogen-bond acceptors (Lipinski definition) is 3. The van der Waals surface area contributed by atoms with E-state index < -0.39 is 17.7 Å². The number of anilines is 1. The molecule has 0 amide bonds. The van der Waals surface area contributed by atoms with Gasteiger partial charge in [0.1, 0.15) is 12.4 Å². The van der Waals surface area contributed by atoms with Crippen molar-refractivity contribution in [2.24, 2.45) is 0 Å². The molecule has 0 heterocycles. The summed E-state index contributed by atoms with van der Waals surface area (Å²) in [5.74, 6) is -1.44. The van der Waals surface area contributed by atoms with Crippen molar-refractivity contribution in [3.8, 4) is 0 Å². The van der Waals surface area contributed by atoms with Gasteiger partial charge in [-0.15, -0.1) is 0 Å². The van der Waals surface area contributed by atoms with Crippen LogP contribution in [-0.2, 0) is 16.1 Å². The van der Waals surface area contributed by atoms with E-state index in [1.807, 2.05) is 0 Å². The molecule has 0 radical (unpaired) electrons. The molecule has 1 atom stereocenters. The summed E-state index contributed by atoms with van der Waals surface area (Å²) in [6, 6.07) is 11.3. The topological polar surface area (TPSA) is 52.3 Å². The number of carbonyl (C=O) groups is 1. The van der Waals surface area contributed by atoms with Gasteiger partial charge in [-0.25, -0.2) is 4.39 Å². The van der Waals surface area contributed by atoms with Gasteiger partial charge in [-0.1, -0.05) is 29.8 Å². The number of nitrogens with two attached hydrogens (primary N) is 1. The Hall–Kier alpha value is -2.07. The normalized spacial score (nSPS) is 12.0. The minimum atomic E-state index is -0.494. The van der Waals surface area contributed by atoms with Gasteiger partial charge in [-0.2, -0.15) is 0 Å². The average Bonchev–Trinajstić information content (AvgIpc) is 2.45. The molecule has 2 aromatic carbocycles. The third-order valence-electron chi connectivity index (χ3n) is 3.18.